The highest BCUT2D eigenvalue weighted by Crippen LogP contribution is 2.46. The second-order valence-electron chi connectivity index (χ2n) is 17.9. The van der Waals surface area contributed by atoms with Crippen LogP contribution in [-0.2, 0) is 29.2 Å². The van der Waals surface area contributed by atoms with Gasteiger partial charge >= 0.3 is 0 Å². The molecule has 2 saturated heterocycles. The largest absolute Gasteiger partial charge is 0.496 e. The Morgan fingerprint density at radius 2 is 1.80 bits per heavy atom. The summed E-state index contributed by atoms with van der Waals surface area (Å²) >= 11 is 1.50. The Labute approximate surface area is 362 Å². The molecule has 0 radical (unpaired) electrons. The third kappa shape index (κ3) is 9.16. The summed E-state index contributed by atoms with van der Waals surface area (Å²) in [5.74, 6) is -1.32. The number of sulfonamides is 1. The summed E-state index contributed by atoms with van der Waals surface area (Å²) in [6.45, 7) is 7.52. The summed E-state index contributed by atoms with van der Waals surface area (Å²) in [5.41, 5.74) is 1.59. The number of amides is 4. The molecule has 1 aromatic carbocycles. The topological polar surface area (TPSA) is 177 Å². The van der Waals surface area contributed by atoms with Gasteiger partial charge in [0, 0.05) is 60.2 Å². The number of hydrogen-bond acceptors (Lipinski definition) is 11. The Kier molecular flexibility index (Phi) is 12.5. The van der Waals surface area contributed by atoms with Gasteiger partial charge in [0.25, 0.3) is 5.91 Å². The smallest absolute Gasteiger partial charge is 0.259 e. The number of aryl methyl sites for hydroxylation is 1. The molecule has 3 aromatic rings. The van der Waals surface area contributed by atoms with Crippen LogP contribution >= 0.6 is 11.3 Å². The number of nitrogens with one attached hydrogen (secondary N) is 2. The lowest BCUT2D eigenvalue weighted by Crippen LogP contribution is -2.57. The van der Waals surface area contributed by atoms with Gasteiger partial charge in [0.2, 0.25) is 27.7 Å². The van der Waals surface area contributed by atoms with E-state index < -0.39 is 56.6 Å². The molecule has 61 heavy (non-hydrogen) atoms. The van der Waals surface area contributed by atoms with Crippen molar-refractivity contribution in [2.24, 2.45) is 11.8 Å². The summed E-state index contributed by atoms with van der Waals surface area (Å²) in [5, 5.41) is 5.84. The summed E-state index contributed by atoms with van der Waals surface area (Å²) in [4.78, 5) is 70.6. The Balaban J connectivity index is 1.14. The van der Waals surface area contributed by atoms with Gasteiger partial charge in [-0.25, -0.2) is 18.4 Å². The number of hydrogen-bond donors (Lipinski definition) is 2. The van der Waals surface area contributed by atoms with Crippen LogP contribution in [0.3, 0.4) is 0 Å². The van der Waals surface area contributed by atoms with Crippen molar-refractivity contribution in [2.45, 2.75) is 133 Å². The Morgan fingerprint density at radius 1 is 1.03 bits per heavy atom. The molecule has 4 amide bonds. The number of allylic oxidation sites excluding steroid dienone is 1. The molecule has 0 unspecified atom stereocenters. The van der Waals surface area contributed by atoms with Crippen LogP contribution in [0.15, 0.2) is 35.7 Å². The normalized spacial score (nSPS) is 26.8. The number of aromatic nitrogens is 2. The van der Waals surface area contributed by atoms with E-state index in [0.717, 1.165) is 66.6 Å². The molecule has 4 fully saturated rings. The maximum absolute atomic E-state index is 14.9. The summed E-state index contributed by atoms with van der Waals surface area (Å²) in [7, 11) is -2.28. The molecule has 16 heteroatoms. The molecule has 2 aromatic heterocycles. The van der Waals surface area contributed by atoms with E-state index in [0.29, 0.717) is 55.1 Å². The van der Waals surface area contributed by atoms with Crippen LogP contribution in [-0.4, -0.2) is 101 Å². The second-order valence-corrected chi connectivity index (χ2v) is 20.7. The highest BCUT2D eigenvalue weighted by molar-refractivity contribution is 7.91. The minimum atomic E-state index is -3.89. The molecule has 14 nitrogen and oxygen atoms in total. The van der Waals surface area contributed by atoms with E-state index in [-0.39, 0.29) is 43.5 Å². The molecule has 5 heterocycles. The molecule has 3 aliphatic heterocycles. The predicted octanol–water partition coefficient (Wildman–Crippen LogP) is 6.17. The highest BCUT2D eigenvalue weighted by atomic mass is 32.2. The standard InChI is InChI=1S/C45H58N6O8S2/c1-27(2)35-26-60-42(47-35)34-23-38(33-17-18-37(58-4)28(3)40(33)46-34)59-31-22-36-41(53)48-45(44(55)49-61(56,57)32-15-16-32)24-30(45)14-10-7-5-6-9-13-29(43(54)51(36)25-31)21-39(52)50-19-11-8-12-20-50/h10,14,17-18,23,26-27,29-32,36H,5-9,11-13,15-16,19-22,24-25H2,1-4H3,(H,48,53)(H,49,55)/b14-10-/t29-,30-,31-,36+,45-/m1/s1. The van der Waals surface area contributed by atoms with Gasteiger partial charge in [-0.2, -0.15) is 0 Å². The van der Waals surface area contributed by atoms with Crippen LogP contribution in [0.5, 0.6) is 11.5 Å². The minimum Gasteiger partial charge on any atom is -0.496 e. The molecule has 5 aliphatic rings. The first kappa shape index (κ1) is 43.1. The van der Waals surface area contributed by atoms with Crippen LogP contribution in [0.2, 0.25) is 0 Å². The third-order valence-electron chi connectivity index (χ3n) is 13.1. The minimum absolute atomic E-state index is 0.0498. The number of benzene rings is 1. The second kappa shape index (κ2) is 17.7. The van der Waals surface area contributed by atoms with Crippen molar-refractivity contribution in [3.8, 4) is 22.2 Å². The molecule has 8 rings (SSSR count). The van der Waals surface area contributed by atoms with E-state index in [9.17, 15) is 27.6 Å². The summed E-state index contributed by atoms with van der Waals surface area (Å²) < 4.78 is 40.8. The molecule has 2 saturated carbocycles. The maximum Gasteiger partial charge on any atom is 0.259 e. The number of likely N-dealkylation sites (tertiary alicyclic amines) is 1. The number of carbonyl (C=O) groups is 4. The number of thiazole rings is 1. The van der Waals surface area contributed by atoms with Gasteiger partial charge in [0.15, 0.2) is 0 Å². The van der Waals surface area contributed by atoms with Gasteiger partial charge in [-0.3, -0.25) is 23.9 Å². The van der Waals surface area contributed by atoms with E-state index in [2.05, 4.69) is 23.9 Å². The van der Waals surface area contributed by atoms with Crippen molar-refractivity contribution < 1.29 is 37.1 Å². The van der Waals surface area contributed by atoms with Crippen LogP contribution in [0.25, 0.3) is 21.6 Å². The van der Waals surface area contributed by atoms with Gasteiger partial charge in [-0.05, 0) is 82.8 Å². The number of rotatable bonds is 10. The van der Waals surface area contributed by atoms with Crippen LogP contribution in [0, 0.1) is 18.8 Å². The number of carbonyl (C=O) groups excluding carboxylic acids is 4. The number of ether oxygens (including phenoxy) is 2. The van der Waals surface area contributed by atoms with Crippen molar-refractivity contribution in [3.05, 3.63) is 47.0 Å². The highest BCUT2D eigenvalue weighted by Gasteiger charge is 2.62. The Hall–Kier alpha value is -4.57. The lowest BCUT2D eigenvalue weighted by Gasteiger charge is -2.31. The number of methoxy groups -OCH3 is 1. The predicted molar refractivity (Wildman–Crippen MR) is 233 cm³/mol. The fraction of sp³-hybridized carbons (Fsp3) is 0.600. The lowest BCUT2D eigenvalue weighted by molar-refractivity contribution is -0.145. The maximum atomic E-state index is 14.9. The number of nitrogens with zero attached hydrogens (tertiary/aromatic N) is 4. The van der Waals surface area contributed by atoms with Crippen LogP contribution in [0.1, 0.15) is 114 Å². The van der Waals surface area contributed by atoms with Gasteiger partial charge in [-0.1, -0.05) is 38.8 Å². The van der Waals surface area contributed by atoms with Crippen LogP contribution < -0.4 is 19.5 Å². The Bertz CT molecular complexity index is 2320. The average Bonchev–Trinajstić information content (AvgIpc) is 4.12. The fourth-order valence-corrected chi connectivity index (χ4v) is 11.4. The zero-order valence-electron chi connectivity index (χ0n) is 35.6. The summed E-state index contributed by atoms with van der Waals surface area (Å²) in [6.07, 6.45) is 11.2. The monoisotopic (exact) mass is 874 g/mol. The van der Waals surface area contributed by atoms with Crippen LogP contribution in [0.4, 0.5) is 0 Å². The average molecular weight is 875 g/mol. The molecule has 328 valence electrons. The molecular formula is C45H58N6O8S2. The lowest BCUT2D eigenvalue weighted by atomic mass is 9.94. The molecule has 0 bridgehead atoms. The van der Waals surface area contributed by atoms with E-state index in [4.69, 9.17) is 19.4 Å². The fourth-order valence-electron chi connectivity index (χ4n) is 9.12. The number of pyridine rings is 1. The first-order valence-electron chi connectivity index (χ1n) is 22.0. The molecule has 0 spiro atoms. The SMILES string of the molecule is COc1ccc2c(O[C@@H]3C[C@H]4C(=O)N[C@]5(C(=O)NS(=O)(=O)C6CC6)C[C@H]5/C=C\CCCCC[C@H](CC(=O)N5CCCCC5)C(=O)N4C3)cc(-c3nc(C(C)C)cs3)nc2c1C. The van der Waals surface area contributed by atoms with E-state index in [1.54, 1.807) is 12.0 Å². The zero-order chi connectivity index (χ0) is 43.1. The molecule has 2 N–H and O–H groups in total. The van der Waals surface area contributed by atoms with Gasteiger partial charge in [-0.15, -0.1) is 11.3 Å². The molecule has 5 atom stereocenters. The van der Waals surface area contributed by atoms with Crippen molar-refractivity contribution in [1.82, 2.24) is 29.8 Å². The van der Waals surface area contributed by atoms with Crippen molar-refractivity contribution in [1.29, 1.82) is 0 Å². The molecule has 2 aliphatic carbocycles. The summed E-state index contributed by atoms with van der Waals surface area (Å²) in [6, 6.07) is 4.56. The Morgan fingerprint density at radius 3 is 2.52 bits per heavy atom. The zero-order valence-corrected chi connectivity index (χ0v) is 37.2. The van der Waals surface area contributed by atoms with E-state index in [1.807, 2.05) is 47.6 Å². The van der Waals surface area contributed by atoms with Crippen molar-refractivity contribution in [3.63, 3.8) is 0 Å². The first-order valence-corrected chi connectivity index (χ1v) is 24.4. The van der Waals surface area contributed by atoms with Gasteiger partial charge < -0.3 is 24.6 Å². The quantitative estimate of drug-likeness (QED) is 0.224. The first-order chi connectivity index (χ1) is 29.3. The molecular weight excluding hydrogens is 817 g/mol. The van der Waals surface area contributed by atoms with Gasteiger partial charge in [0.1, 0.15) is 39.9 Å². The van der Waals surface area contributed by atoms with Gasteiger partial charge in [0.05, 0.1) is 30.1 Å². The number of fused-ring (bicyclic) bond motifs is 3. The third-order valence-corrected chi connectivity index (χ3v) is 15.8. The van der Waals surface area contributed by atoms with Crippen molar-refractivity contribution in [2.75, 3.05) is 26.7 Å². The van der Waals surface area contributed by atoms with E-state index >= 15 is 0 Å². The van der Waals surface area contributed by atoms with Crippen molar-refractivity contribution >= 4 is 55.9 Å². The number of piperidine rings is 1. The van der Waals surface area contributed by atoms with E-state index in [1.165, 1.54) is 11.3 Å².